The van der Waals surface area contributed by atoms with Crippen LogP contribution in [0.5, 0.6) is 5.75 Å². The van der Waals surface area contributed by atoms with Crippen molar-refractivity contribution in [2.75, 3.05) is 27.3 Å². The molecule has 0 aromatic heterocycles. The molecule has 0 aliphatic heterocycles. The summed E-state index contributed by atoms with van der Waals surface area (Å²) >= 11 is 0. The highest BCUT2D eigenvalue weighted by Gasteiger charge is 2.43. The summed E-state index contributed by atoms with van der Waals surface area (Å²) in [5.74, 6) is 0.536. The SMILES string of the molecule is CN=C(NCC1(CCOC)CCC1)NC1CC1c1ccccc1OC(F)(F)F. The summed E-state index contributed by atoms with van der Waals surface area (Å²) in [6.07, 6.45) is 0.654. The van der Waals surface area contributed by atoms with Gasteiger partial charge >= 0.3 is 6.36 Å². The molecule has 3 rings (SSSR count). The Morgan fingerprint density at radius 3 is 2.64 bits per heavy atom. The summed E-state index contributed by atoms with van der Waals surface area (Å²) in [7, 11) is 3.42. The molecule has 0 saturated heterocycles. The maximum absolute atomic E-state index is 12.6. The van der Waals surface area contributed by atoms with Crippen molar-refractivity contribution in [2.45, 2.75) is 50.4 Å². The fraction of sp³-hybridized carbons (Fsp3) is 0.650. The van der Waals surface area contributed by atoms with Gasteiger partial charge in [0.05, 0.1) is 0 Å². The van der Waals surface area contributed by atoms with Gasteiger partial charge in [0, 0.05) is 39.3 Å². The molecule has 28 heavy (non-hydrogen) atoms. The maximum atomic E-state index is 12.6. The Hall–Kier alpha value is -1.96. The van der Waals surface area contributed by atoms with Crippen LogP contribution in [-0.2, 0) is 4.74 Å². The number of ether oxygens (including phenoxy) is 2. The van der Waals surface area contributed by atoms with Crippen molar-refractivity contribution in [3.05, 3.63) is 29.8 Å². The van der Waals surface area contributed by atoms with E-state index in [0.29, 0.717) is 11.5 Å². The van der Waals surface area contributed by atoms with Crippen LogP contribution in [-0.4, -0.2) is 45.7 Å². The highest BCUT2D eigenvalue weighted by molar-refractivity contribution is 5.80. The molecule has 2 aliphatic rings. The van der Waals surface area contributed by atoms with Gasteiger partial charge in [-0.3, -0.25) is 4.99 Å². The Bertz CT molecular complexity index is 690. The minimum Gasteiger partial charge on any atom is -0.405 e. The Morgan fingerprint density at radius 1 is 1.29 bits per heavy atom. The van der Waals surface area contributed by atoms with Gasteiger partial charge in [-0.2, -0.15) is 0 Å². The molecule has 0 bridgehead atoms. The van der Waals surface area contributed by atoms with E-state index in [9.17, 15) is 13.2 Å². The summed E-state index contributed by atoms with van der Waals surface area (Å²) < 4.78 is 47.3. The third-order valence-electron chi connectivity index (χ3n) is 5.76. The topological polar surface area (TPSA) is 54.9 Å². The van der Waals surface area contributed by atoms with E-state index >= 15 is 0 Å². The minimum absolute atomic E-state index is 0.0248. The first-order valence-electron chi connectivity index (χ1n) is 9.67. The van der Waals surface area contributed by atoms with Crippen LogP contribution in [0, 0.1) is 5.41 Å². The molecule has 2 N–H and O–H groups in total. The number of hydrogen-bond donors (Lipinski definition) is 2. The second-order valence-corrected chi connectivity index (χ2v) is 7.70. The zero-order chi connectivity index (χ0) is 20.2. The molecule has 8 heteroatoms. The van der Waals surface area contributed by atoms with E-state index in [0.717, 1.165) is 26.0 Å². The Kier molecular flexibility index (Phi) is 6.37. The van der Waals surface area contributed by atoms with Gasteiger partial charge in [0.25, 0.3) is 0 Å². The Balaban J connectivity index is 1.54. The van der Waals surface area contributed by atoms with Crippen LogP contribution in [0.25, 0.3) is 0 Å². The standard InChI is InChI=1S/C20H28F3N3O2/c1-24-18(25-13-19(8-5-9-19)10-11-27-2)26-16-12-15(16)14-6-3-4-7-17(14)28-20(21,22)23/h3-4,6-7,15-16H,5,8-13H2,1-2H3,(H2,24,25,26). The number of methoxy groups -OCH3 is 1. The second-order valence-electron chi connectivity index (χ2n) is 7.70. The van der Waals surface area contributed by atoms with Crippen molar-refractivity contribution in [3.63, 3.8) is 0 Å². The largest absolute Gasteiger partial charge is 0.573 e. The number of hydrogen-bond acceptors (Lipinski definition) is 3. The number of para-hydroxylation sites is 1. The van der Waals surface area contributed by atoms with Gasteiger partial charge in [-0.25, -0.2) is 0 Å². The highest BCUT2D eigenvalue weighted by atomic mass is 19.4. The molecule has 5 nitrogen and oxygen atoms in total. The lowest BCUT2D eigenvalue weighted by Gasteiger charge is -2.42. The smallest absolute Gasteiger partial charge is 0.405 e. The van der Waals surface area contributed by atoms with Crippen molar-refractivity contribution >= 4 is 5.96 Å². The summed E-state index contributed by atoms with van der Waals surface area (Å²) in [6.45, 7) is 1.57. The van der Waals surface area contributed by atoms with E-state index in [1.807, 2.05) is 0 Å². The number of alkyl halides is 3. The third kappa shape index (κ3) is 5.31. The lowest BCUT2D eigenvalue weighted by molar-refractivity contribution is -0.274. The third-order valence-corrected chi connectivity index (χ3v) is 5.76. The van der Waals surface area contributed by atoms with Crippen molar-refractivity contribution < 1.29 is 22.6 Å². The fourth-order valence-corrected chi connectivity index (χ4v) is 3.85. The zero-order valence-corrected chi connectivity index (χ0v) is 16.3. The van der Waals surface area contributed by atoms with E-state index in [1.165, 1.54) is 25.3 Å². The summed E-state index contributed by atoms with van der Waals surface area (Å²) in [5, 5.41) is 6.72. The first-order chi connectivity index (χ1) is 13.4. The first-order valence-corrected chi connectivity index (χ1v) is 9.67. The van der Waals surface area contributed by atoms with E-state index < -0.39 is 6.36 Å². The van der Waals surface area contributed by atoms with Crippen LogP contribution in [0.15, 0.2) is 29.3 Å². The van der Waals surface area contributed by atoms with E-state index in [2.05, 4.69) is 20.4 Å². The van der Waals surface area contributed by atoms with Gasteiger partial charge in [0.1, 0.15) is 5.75 Å². The lowest BCUT2D eigenvalue weighted by Crippen LogP contribution is -2.47. The number of halogens is 3. The molecule has 2 saturated carbocycles. The maximum Gasteiger partial charge on any atom is 0.573 e. The number of nitrogens with one attached hydrogen (secondary N) is 2. The van der Waals surface area contributed by atoms with Crippen molar-refractivity contribution in [1.82, 2.24) is 10.6 Å². The van der Waals surface area contributed by atoms with E-state index in [-0.39, 0.29) is 23.1 Å². The monoisotopic (exact) mass is 399 g/mol. The average molecular weight is 399 g/mol. The fourth-order valence-electron chi connectivity index (χ4n) is 3.85. The first kappa shape index (κ1) is 20.8. The molecule has 2 fully saturated rings. The van der Waals surface area contributed by atoms with E-state index in [4.69, 9.17) is 4.74 Å². The normalized spacial score (nSPS) is 23.7. The molecule has 2 atom stereocenters. The van der Waals surface area contributed by atoms with Crippen LogP contribution < -0.4 is 15.4 Å². The molecule has 2 unspecified atom stereocenters. The molecule has 0 radical (unpaired) electrons. The molecular weight excluding hydrogens is 371 g/mol. The molecule has 156 valence electrons. The molecule has 0 spiro atoms. The molecule has 1 aromatic rings. The Labute approximate surface area is 163 Å². The van der Waals surface area contributed by atoms with Crippen LogP contribution in [0.2, 0.25) is 0 Å². The van der Waals surface area contributed by atoms with Gasteiger partial charge in [-0.1, -0.05) is 24.6 Å². The second kappa shape index (κ2) is 8.59. The molecule has 0 amide bonds. The van der Waals surface area contributed by atoms with Gasteiger partial charge in [-0.05, 0) is 42.7 Å². The van der Waals surface area contributed by atoms with Gasteiger partial charge in [0.15, 0.2) is 5.96 Å². The van der Waals surface area contributed by atoms with Crippen LogP contribution >= 0.6 is 0 Å². The lowest BCUT2D eigenvalue weighted by atomic mass is 9.67. The number of guanidine groups is 1. The highest BCUT2D eigenvalue weighted by Crippen LogP contribution is 2.46. The van der Waals surface area contributed by atoms with Crippen molar-refractivity contribution in [2.24, 2.45) is 10.4 Å². The predicted molar refractivity (Wildman–Crippen MR) is 102 cm³/mol. The number of benzene rings is 1. The zero-order valence-electron chi connectivity index (χ0n) is 16.3. The van der Waals surface area contributed by atoms with Gasteiger partial charge in [-0.15, -0.1) is 13.2 Å². The van der Waals surface area contributed by atoms with Crippen molar-refractivity contribution in [1.29, 1.82) is 0 Å². The number of nitrogens with zero attached hydrogens (tertiary/aromatic N) is 1. The number of aliphatic imine (C=N–C) groups is 1. The molecule has 0 heterocycles. The summed E-state index contributed by atoms with van der Waals surface area (Å²) in [6, 6.07) is 6.38. The predicted octanol–water partition coefficient (Wildman–Crippen LogP) is 3.81. The van der Waals surface area contributed by atoms with Crippen LogP contribution in [0.1, 0.15) is 43.6 Å². The average Bonchev–Trinajstić information content (AvgIpc) is 3.37. The number of rotatable bonds is 8. The summed E-state index contributed by atoms with van der Waals surface area (Å²) in [4.78, 5) is 4.27. The quantitative estimate of drug-likeness (QED) is 0.516. The molecule has 1 aromatic carbocycles. The van der Waals surface area contributed by atoms with Gasteiger partial charge < -0.3 is 20.1 Å². The van der Waals surface area contributed by atoms with Crippen LogP contribution in [0.4, 0.5) is 13.2 Å². The van der Waals surface area contributed by atoms with Crippen LogP contribution in [0.3, 0.4) is 0 Å². The van der Waals surface area contributed by atoms with E-state index in [1.54, 1.807) is 32.4 Å². The minimum atomic E-state index is -4.69. The Morgan fingerprint density at radius 2 is 2.04 bits per heavy atom. The van der Waals surface area contributed by atoms with Gasteiger partial charge in [0.2, 0.25) is 0 Å². The molecular formula is C20H28F3N3O2. The molecule has 2 aliphatic carbocycles. The van der Waals surface area contributed by atoms with Crippen molar-refractivity contribution in [3.8, 4) is 5.75 Å². The summed E-state index contributed by atoms with van der Waals surface area (Å²) in [5.41, 5.74) is 0.826.